The summed E-state index contributed by atoms with van der Waals surface area (Å²) in [6, 6.07) is 3.94. The Labute approximate surface area is 160 Å². The lowest BCUT2D eigenvalue weighted by molar-refractivity contribution is 0.144. The molecule has 0 aromatic carbocycles. The van der Waals surface area contributed by atoms with Crippen molar-refractivity contribution >= 4 is 33.4 Å². The minimum Gasteiger partial charge on any atom is -0.396 e. The van der Waals surface area contributed by atoms with E-state index in [1.165, 1.54) is 0 Å². The number of hydrogen-bond acceptors (Lipinski definition) is 8. The van der Waals surface area contributed by atoms with Crippen LogP contribution in [0.2, 0.25) is 0 Å². The van der Waals surface area contributed by atoms with Gasteiger partial charge in [0.25, 0.3) is 0 Å². The highest BCUT2D eigenvalue weighted by atomic mass is 32.1. The highest BCUT2D eigenvalue weighted by molar-refractivity contribution is 7.25. The first-order valence-electron chi connectivity index (χ1n) is 8.54. The Morgan fingerprint density at radius 2 is 2.19 bits per heavy atom. The van der Waals surface area contributed by atoms with E-state index in [0.29, 0.717) is 6.61 Å². The number of thiazole rings is 2. The summed E-state index contributed by atoms with van der Waals surface area (Å²) < 4.78 is 0. The summed E-state index contributed by atoms with van der Waals surface area (Å²) in [6.07, 6.45) is 7.29. The van der Waals surface area contributed by atoms with Gasteiger partial charge in [-0.2, -0.15) is 0 Å². The van der Waals surface area contributed by atoms with E-state index in [0.717, 1.165) is 56.2 Å². The Bertz CT molecular complexity index is 919. The minimum atomic E-state index is 0.634. The average Bonchev–Trinajstić information content (AvgIpc) is 3.32. The molecule has 3 aromatic heterocycles. The second-order valence-electron chi connectivity index (χ2n) is 5.99. The van der Waals surface area contributed by atoms with Gasteiger partial charge >= 0.3 is 0 Å². The number of anilines is 1. The smallest absolute Gasteiger partial charge is 0.137 e. The van der Waals surface area contributed by atoms with Gasteiger partial charge < -0.3 is 9.74 Å². The maximum absolute atomic E-state index is 5.41. The van der Waals surface area contributed by atoms with E-state index in [1.54, 1.807) is 28.9 Å². The zero-order valence-electron chi connectivity index (χ0n) is 14.7. The molecule has 4 rings (SSSR count). The number of rotatable bonds is 5. The molecule has 0 saturated carbocycles. The fraction of sp³-hybridized carbons (Fsp3) is 0.333. The molecule has 0 fully saturated rings. The van der Waals surface area contributed by atoms with Crippen molar-refractivity contribution in [2.75, 3.05) is 25.1 Å². The molecule has 1 aliphatic rings. The zero-order valence-corrected chi connectivity index (χ0v) is 16.3. The topological polar surface area (TPSA) is 63.5 Å². The van der Waals surface area contributed by atoms with E-state index in [9.17, 15) is 0 Å². The van der Waals surface area contributed by atoms with Crippen LogP contribution in [-0.4, -0.2) is 40.9 Å². The summed E-state index contributed by atoms with van der Waals surface area (Å²) in [6.45, 7) is 3.63. The maximum atomic E-state index is 5.41. The van der Waals surface area contributed by atoms with Gasteiger partial charge in [0.15, 0.2) is 0 Å². The van der Waals surface area contributed by atoms with Crippen LogP contribution < -0.4 is 4.90 Å². The molecule has 0 unspecified atom stereocenters. The summed E-state index contributed by atoms with van der Waals surface area (Å²) >= 11 is 3.31. The Kier molecular flexibility index (Phi) is 4.94. The number of aromatic nitrogens is 3. The van der Waals surface area contributed by atoms with Crippen LogP contribution in [0.25, 0.3) is 20.5 Å². The molecule has 0 radical (unpaired) electrons. The number of oxime groups is 1. The van der Waals surface area contributed by atoms with Gasteiger partial charge in [-0.25, -0.2) is 9.97 Å². The SMILES string of the molecule is CCCO/N=C1\CCN(C)c2sc(-c3cnc(-c4cccnc4)s3)nc21. The van der Waals surface area contributed by atoms with Crippen LogP contribution in [0.5, 0.6) is 0 Å². The molecule has 134 valence electrons. The molecule has 26 heavy (non-hydrogen) atoms. The quantitative estimate of drug-likeness (QED) is 0.484. The lowest BCUT2D eigenvalue weighted by Gasteiger charge is -2.23. The molecular weight excluding hydrogens is 366 g/mol. The van der Waals surface area contributed by atoms with Gasteiger partial charge in [0, 0.05) is 44.2 Å². The van der Waals surface area contributed by atoms with Crippen molar-refractivity contribution in [2.45, 2.75) is 19.8 Å². The largest absolute Gasteiger partial charge is 0.396 e. The molecule has 0 N–H and O–H groups in total. The van der Waals surface area contributed by atoms with E-state index in [1.807, 2.05) is 24.5 Å². The van der Waals surface area contributed by atoms with E-state index in [-0.39, 0.29) is 0 Å². The van der Waals surface area contributed by atoms with Gasteiger partial charge in [0.05, 0.1) is 4.88 Å². The van der Waals surface area contributed by atoms with Gasteiger partial charge in [-0.1, -0.05) is 23.4 Å². The average molecular weight is 386 g/mol. The number of nitrogens with zero attached hydrogens (tertiary/aromatic N) is 5. The normalized spacial score (nSPS) is 15.3. The standard InChI is InChI=1S/C18H19N5OS2/c1-3-9-24-22-13-6-8-23(2)18-15(13)21-17(26-18)14-11-20-16(25-14)12-5-4-7-19-10-12/h4-5,7,10-11H,3,6,8-9H2,1-2H3/b22-13+. The Balaban J connectivity index is 1.66. The predicted octanol–water partition coefficient (Wildman–Crippen LogP) is 4.30. The second-order valence-corrected chi connectivity index (χ2v) is 8.00. The lowest BCUT2D eigenvalue weighted by Crippen LogP contribution is -2.27. The minimum absolute atomic E-state index is 0.634. The Morgan fingerprint density at radius 3 is 3.00 bits per heavy atom. The molecule has 0 atom stereocenters. The van der Waals surface area contributed by atoms with Crippen LogP contribution in [0.1, 0.15) is 25.5 Å². The number of hydrogen-bond donors (Lipinski definition) is 0. The predicted molar refractivity (Wildman–Crippen MR) is 107 cm³/mol. The fourth-order valence-electron chi connectivity index (χ4n) is 2.66. The van der Waals surface area contributed by atoms with Gasteiger partial charge in [-0.15, -0.1) is 11.3 Å². The van der Waals surface area contributed by atoms with Gasteiger partial charge in [0.2, 0.25) is 0 Å². The van der Waals surface area contributed by atoms with Crippen LogP contribution in [0.4, 0.5) is 5.00 Å². The third-order valence-corrected chi connectivity index (χ3v) is 6.39. The van der Waals surface area contributed by atoms with E-state index < -0.39 is 0 Å². The van der Waals surface area contributed by atoms with Crippen molar-refractivity contribution in [2.24, 2.45) is 5.16 Å². The highest BCUT2D eigenvalue weighted by Crippen LogP contribution is 2.40. The molecule has 0 saturated heterocycles. The van der Waals surface area contributed by atoms with Crippen LogP contribution in [0.15, 0.2) is 35.9 Å². The van der Waals surface area contributed by atoms with Crippen molar-refractivity contribution in [3.8, 4) is 20.5 Å². The van der Waals surface area contributed by atoms with Crippen LogP contribution >= 0.6 is 22.7 Å². The molecule has 1 aliphatic heterocycles. The first-order valence-corrected chi connectivity index (χ1v) is 10.2. The van der Waals surface area contributed by atoms with Crippen LogP contribution in [-0.2, 0) is 4.84 Å². The van der Waals surface area contributed by atoms with Crippen molar-refractivity contribution in [1.82, 2.24) is 15.0 Å². The molecule has 4 heterocycles. The molecular formula is C18H19N5OS2. The monoisotopic (exact) mass is 385 g/mol. The molecule has 8 heteroatoms. The van der Waals surface area contributed by atoms with Gasteiger partial charge in [-0.3, -0.25) is 4.98 Å². The van der Waals surface area contributed by atoms with Crippen molar-refractivity contribution in [3.05, 3.63) is 36.4 Å². The Hall–Kier alpha value is -2.32. The summed E-state index contributed by atoms with van der Waals surface area (Å²) in [7, 11) is 2.10. The summed E-state index contributed by atoms with van der Waals surface area (Å²) in [5.74, 6) is 0. The fourth-order valence-corrected chi connectivity index (χ4v) is 4.68. The maximum Gasteiger partial charge on any atom is 0.137 e. The summed E-state index contributed by atoms with van der Waals surface area (Å²) in [5.41, 5.74) is 2.90. The summed E-state index contributed by atoms with van der Waals surface area (Å²) in [4.78, 5) is 22.3. The van der Waals surface area contributed by atoms with Crippen LogP contribution in [0, 0.1) is 0 Å². The Morgan fingerprint density at radius 1 is 1.27 bits per heavy atom. The van der Waals surface area contributed by atoms with Crippen molar-refractivity contribution < 1.29 is 4.84 Å². The summed E-state index contributed by atoms with van der Waals surface area (Å²) in [5, 5.41) is 7.39. The third-order valence-electron chi connectivity index (χ3n) is 4.01. The van der Waals surface area contributed by atoms with Gasteiger partial charge in [0.1, 0.15) is 33.0 Å². The first-order chi connectivity index (χ1) is 12.8. The first kappa shape index (κ1) is 17.1. The molecule has 0 bridgehead atoms. The third kappa shape index (κ3) is 3.34. The molecule has 0 aliphatic carbocycles. The molecule has 3 aromatic rings. The van der Waals surface area contributed by atoms with Crippen molar-refractivity contribution in [1.29, 1.82) is 0 Å². The zero-order chi connectivity index (χ0) is 17.9. The highest BCUT2D eigenvalue weighted by Gasteiger charge is 2.26. The molecule has 0 spiro atoms. The molecule has 6 nitrogen and oxygen atoms in total. The number of fused-ring (bicyclic) bond motifs is 1. The molecule has 0 amide bonds. The van der Waals surface area contributed by atoms with Crippen LogP contribution in [0.3, 0.4) is 0 Å². The second kappa shape index (κ2) is 7.51. The van der Waals surface area contributed by atoms with E-state index in [4.69, 9.17) is 9.82 Å². The lowest BCUT2D eigenvalue weighted by atomic mass is 10.1. The van der Waals surface area contributed by atoms with Gasteiger partial charge in [-0.05, 0) is 18.6 Å². The van der Waals surface area contributed by atoms with E-state index >= 15 is 0 Å². The van der Waals surface area contributed by atoms with E-state index in [2.05, 4.69) is 34.0 Å². The van der Waals surface area contributed by atoms with Crippen molar-refractivity contribution in [3.63, 3.8) is 0 Å². The number of pyridine rings is 1.